The third kappa shape index (κ3) is 5.36. The van der Waals surface area contributed by atoms with Crippen molar-refractivity contribution in [3.63, 3.8) is 0 Å². The summed E-state index contributed by atoms with van der Waals surface area (Å²) >= 11 is 0. The molecule has 0 radical (unpaired) electrons. The van der Waals surface area contributed by atoms with Crippen LogP contribution in [-0.2, 0) is 16.1 Å². The lowest BCUT2D eigenvalue weighted by Gasteiger charge is -2.44. The van der Waals surface area contributed by atoms with Gasteiger partial charge >= 0.3 is 0 Å². The van der Waals surface area contributed by atoms with Crippen molar-refractivity contribution in [3.05, 3.63) is 35.9 Å². The van der Waals surface area contributed by atoms with E-state index in [1.807, 2.05) is 23.1 Å². The van der Waals surface area contributed by atoms with E-state index < -0.39 is 0 Å². The third-order valence-electron chi connectivity index (χ3n) is 6.48. The van der Waals surface area contributed by atoms with E-state index in [9.17, 15) is 9.59 Å². The number of piperidine rings is 1. The van der Waals surface area contributed by atoms with Gasteiger partial charge in [0.1, 0.15) is 0 Å². The first kappa shape index (κ1) is 20.9. The zero-order valence-electron chi connectivity index (χ0n) is 17.6. The standard InChI is InChI=1S/C24H36N2O2/c1-19(2)26(18-20-10-4-3-5-11-20)24(28)16-8-15-23(27)25-17-9-13-21-12-6-7-14-22(21)25/h3-5,10-11,19,21-22H,6-9,12-18H2,1-2H3. The summed E-state index contributed by atoms with van der Waals surface area (Å²) in [5.74, 6) is 1.14. The van der Waals surface area contributed by atoms with Gasteiger partial charge in [-0.15, -0.1) is 0 Å². The summed E-state index contributed by atoms with van der Waals surface area (Å²) in [6.45, 7) is 5.67. The average Bonchev–Trinajstić information content (AvgIpc) is 2.72. The van der Waals surface area contributed by atoms with Crippen molar-refractivity contribution in [2.75, 3.05) is 6.54 Å². The minimum atomic E-state index is 0.154. The van der Waals surface area contributed by atoms with Crippen LogP contribution in [0.15, 0.2) is 30.3 Å². The molecule has 3 rings (SSSR count). The molecule has 154 valence electrons. The van der Waals surface area contributed by atoms with E-state index in [2.05, 4.69) is 30.9 Å². The lowest BCUT2D eigenvalue weighted by atomic mass is 9.78. The third-order valence-corrected chi connectivity index (χ3v) is 6.48. The van der Waals surface area contributed by atoms with E-state index in [1.54, 1.807) is 0 Å². The SMILES string of the molecule is CC(C)N(Cc1ccccc1)C(=O)CCCC(=O)N1CCCC2CCCCC21. The predicted octanol–water partition coefficient (Wildman–Crippen LogP) is 4.78. The first-order valence-corrected chi connectivity index (χ1v) is 11.2. The summed E-state index contributed by atoms with van der Waals surface area (Å²) in [4.78, 5) is 29.7. The summed E-state index contributed by atoms with van der Waals surface area (Å²) in [5, 5.41) is 0. The van der Waals surface area contributed by atoms with E-state index >= 15 is 0 Å². The largest absolute Gasteiger partial charge is 0.339 e. The number of carbonyl (C=O) groups is 2. The Kier molecular flexibility index (Phi) is 7.52. The number of carbonyl (C=O) groups excluding carboxylic acids is 2. The molecule has 28 heavy (non-hydrogen) atoms. The maximum Gasteiger partial charge on any atom is 0.223 e. The van der Waals surface area contributed by atoms with Gasteiger partial charge in [-0.05, 0) is 57.4 Å². The highest BCUT2D eigenvalue weighted by atomic mass is 16.2. The number of hydrogen-bond donors (Lipinski definition) is 0. The maximum atomic E-state index is 12.8. The van der Waals surface area contributed by atoms with Crippen LogP contribution in [0, 0.1) is 5.92 Å². The fourth-order valence-corrected chi connectivity index (χ4v) is 4.95. The molecule has 1 saturated heterocycles. The van der Waals surface area contributed by atoms with Gasteiger partial charge in [-0.25, -0.2) is 0 Å². The molecule has 0 aromatic heterocycles. The van der Waals surface area contributed by atoms with Crippen LogP contribution in [0.2, 0.25) is 0 Å². The molecule has 1 saturated carbocycles. The Morgan fingerprint density at radius 2 is 1.75 bits per heavy atom. The molecule has 4 nitrogen and oxygen atoms in total. The van der Waals surface area contributed by atoms with E-state index in [4.69, 9.17) is 0 Å². The highest BCUT2D eigenvalue weighted by Gasteiger charge is 2.35. The first-order chi connectivity index (χ1) is 13.6. The zero-order chi connectivity index (χ0) is 19.9. The number of likely N-dealkylation sites (tertiary alicyclic amines) is 1. The molecule has 1 aliphatic carbocycles. The van der Waals surface area contributed by atoms with Crippen LogP contribution in [0.4, 0.5) is 0 Å². The molecule has 1 aliphatic heterocycles. The van der Waals surface area contributed by atoms with Gasteiger partial charge in [0.15, 0.2) is 0 Å². The van der Waals surface area contributed by atoms with Crippen molar-refractivity contribution in [1.82, 2.24) is 9.80 Å². The average molecular weight is 385 g/mol. The van der Waals surface area contributed by atoms with Crippen LogP contribution >= 0.6 is 0 Å². The van der Waals surface area contributed by atoms with Crippen molar-refractivity contribution >= 4 is 11.8 Å². The zero-order valence-corrected chi connectivity index (χ0v) is 17.6. The molecule has 1 aromatic carbocycles. The van der Waals surface area contributed by atoms with Crippen LogP contribution in [0.1, 0.15) is 77.2 Å². The van der Waals surface area contributed by atoms with Crippen LogP contribution in [-0.4, -0.2) is 40.2 Å². The summed E-state index contributed by atoms with van der Waals surface area (Å²) in [7, 11) is 0. The lowest BCUT2D eigenvalue weighted by Crippen LogP contribution is -2.49. The van der Waals surface area contributed by atoms with Crippen LogP contribution in [0.5, 0.6) is 0 Å². The molecule has 2 fully saturated rings. The van der Waals surface area contributed by atoms with Crippen LogP contribution in [0.25, 0.3) is 0 Å². The normalized spacial score (nSPS) is 22.0. The van der Waals surface area contributed by atoms with E-state index in [0.717, 1.165) is 24.4 Å². The molecule has 2 aliphatic rings. The molecule has 1 heterocycles. The summed E-state index contributed by atoms with van der Waals surface area (Å²) < 4.78 is 0. The minimum absolute atomic E-state index is 0.154. The minimum Gasteiger partial charge on any atom is -0.339 e. The number of benzene rings is 1. The van der Waals surface area contributed by atoms with Crippen LogP contribution < -0.4 is 0 Å². The Morgan fingerprint density at radius 3 is 2.50 bits per heavy atom. The summed E-state index contributed by atoms with van der Waals surface area (Å²) in [6.07, 6.45) is 9.09. The number of hydrogen-bond acceptors (Lipinski definition) is 2. The van der Waals surface area contributed by atoms with Crippen molar-refractivity contribution in [1.29, 1.82) is 0 Å². The van der Waals surface area contributed by atoms with Crippen molar-refractivity contribution in [2.45, 2.75) is 90.3 Å². The quantitative estimate of drug-likeness (QED) is 0.679. The highest BCUT2D eigenvalue weighted by molar-refractivity contribution is 5.79. The van der Waals surface area contributed by atoms with Gasteiger partial charge in [0.25, 0.3) is 0 Å². The topological polar surface area (TPSA) is 40.6 Å². The van der Waals surface area contributed by atoms with Gasteiger partial charge in [0.05, 0.1) is 0 Å². The molecule has 1 aromatic rings. The number of fused-ring (bicyclic) bond motifs is 1. The first-order valence-electron chi connectivity index (χ1n) is 11.2. The van der Waals surface area contributed by atoms with Gasteiger partial charge in [-0.2, -0.15) is 0 Å². The Balaban J connectivity index is 1.48. The molecular formula is C24H36N2O2. The van der Waals surface area contributed by atoms with Crippen LogP contribution in [0.3, 0.4) is 0 Å². The molecule has 4 heteroatoms. The molecule has 2 atom stereocenters. The fraction of sp³-hybridized carbons (Fsp3) is 0.667. The fourth-order valence-electron chi connectivity index (χ4n) is 4.95. The lowest BCUT2D eigenvalue weighted by molar-refractivity contribution is -0.138. The second kappa shape index (κ2) is 10.1. The van der Waals surface area contributed by atoms with Crippen molar-refractivity contribution < 1.29 is 9.59 Å². The van der Waals surface area contributed by atoms with Gasteiger partial charge in [-0.1, -0.05) is 43.2 Å². The number of amides is 2. The van der Waals surface area contributed by atoms with E-state index in [0.29, 0.717) is 31.8 Å². The van der Waals surface area contributed by atoms with E-state index in [1.165, 1.54) is 32.1 Å². The molecule has 0 bridgehead atoms. The number of rotatable bonds is 7. The maximum absolute atomic E-state index is 12.8. The monoisotopic (exact) mass is 384 g/mol. The second-order valence-electron chi connectivity index (χ2n) is 8.80. The molecule has 2 amide bonds. The molecule has 0 N–H and O–H groups in total. The molecule has 0 spiro atoms. The van der Waals surface area contributed by atoms with Gasteiger partial charge in [0, 0.05) is 38.0 Å². The molecular weight excluding hydrogens is 348 g/mol. The van der Waals surface area contributed by atoms with Crippen molar-refractivity contribution in [3.8, 4) is 0 Å². The smallest absolute Gasteiger partial charge is 0.223 e. The Hall–Kier alpha value is -1.84. The summed E-state index contributed by atoms with van der Waals surface area (Å²) in [5.41, 5.74) is 1.15. The summed E-state index contributed by atoms with van der Waals surface area (Å²) in [6, 6.07) is 10.8. The number of nitrogens with zero attached hydrogens (tertiary/aromatic N) is 2. The Morgan fingerprint density at radius 1 is 1.04 bits per heavy atom. The Labute approximate surface area is 170 Å². The van der Waals surface area contributed by atoms with Gasteiger partial charge in [-0.3, -0.25) is 9.59 Å². The molecule has 2 unspecified atom stereocenters. The van der Waals surface area contributed by atoms with E-state index in [-0.39, 0.29) is 17.9 Å². The van der Waals surface area contributed by atoms with Crippen molar-refractivity contribution in [2.24, 2.45) is 5.92 Å². The highest BCUT2D eigenvalue weighted by Crippen LogP contribution is 2.35. The van der Waals surface area contributed by atoms with Gasteiger partial charge in [0.2, 0.25) is 11.8 Å². The predicted molar refractivity (Wildman–Crippen MR) is 113 cm³/mol. The van der Waals surface area contributed by atoms with Gasteiger partial charge < -0.3 is 9.80 Å². The Bertz CT molecular complexity index is 641. The second-order valence-corrected chi connectivity index (χ2v) is 8.80.